The topological polar surface area (TPSA) is 230 Å². The van der Waals surface area contributed by atoms with Gasteiger partial charge in [-0.05, 0) is 24.1 Å². The third kappa shape index (κ3) is 16.2. The number of hydrogen-bond acceptors (Lipinski definition) is 13. The number of ether oxygens (including phenoxy) is 3. The zero-order chi connectivity index (χ0) is 34.3. The van der Waals surface area contributed by atoms with E-state index in [0.29, 0.717) is 5.56 Å². The Morgan fingerprint density at radius 2 is 1.53 bits per heavy atom. The Morgan fingerprint density at radius 1 is 0.933 bits per heavy atom. The van der Waals surface area contributed by atoms with Crippen LogP contribution < -0.4 is 31.2 Å². The van der Waals surface area contributed by atoms with Gasteiger partial charge in [-0.2, -0.15) is 0 Å². The van der Waals surface area contributed by atoms with E-state index in [1.165, 1.54) is 46.7 Å². The van der Waals surface area contributed by atoms with Gasteiger partial charge in [-0.25, -0.2) is 4.79 Å². The summed E-state index contributed by atoms with van der Waals surface area (Å²) in [7, 11) is 3.94. The van der Waals surface area contributed by atoms with Crippen molar-refractivity contribution in [2.75, 3.05) is 19.4 Å². The summed E-state index contributed by atoms with van der Waals surface area (Å²) < 4.78 is 14.8. The van der Waals surface area contributed by atoms with Crippen LogP contribution in [0.25, 0.3) is 0 Å². The van der Waals surface area contributed by atoms with Crippen molar-refractivity contribution in [3.8, 4) is 11.5 Å². The molecule has 250 valence electrons. The minimum Gasteiger partial charge on any atom is -0.480 e. The number of esters is 3. The van der Waals surface area contributed by atoms with Crippen molar-refractivity contribution >= 4 is 63.2 Å². The van der Waals surface area contributed by atoms with E-state index in [1.807, 2.05) is 20.8 Å². The lowest BCUT2D eigenvalue weighted by Crippen LogP contribution is -2.52. The lowest BCUT2D eigenvalue weighted by Gasteiger charge is -2.22. The summed E-state index contributed by atoms with van der Waals surface area (Å²) in [4.78, 5) is 84.5. The number of hydrogen-bond donors (Lipinski definition) is 5. The first kappa shape index (κ1) is 39.2. The average Bonchev–Trinajstić information content (AvgIpc) is 2.93. The number of amides is 3. The lowest BCUT2D eigenvalue weighted by molar-refractivity contribution is -0.145. The molecule has 17 heteroatoms. The van der Waals surface area contributed by atoms with Crippen LogP contribution in [0.1, 0.15) is 53.0 Å². The van der Waals surface area contributed by atoms with E-state index in [2.05, 4.69) is 16.0 Å². The van der Waals surface area contributed by atoms with Crippen LogP contribution >= 0.6 is 21.6 Å². The number of carboxylic acids is 1. The molecule has 0 radical (unpaired) electrons. The van der Waals surface area contributed by atoms with Crippen molar-refractivity contribution in [1.29, 1.82) is 0 Å². The summed E-state index contributed by atoms with van der Waals surface area (Å²) in [5, 5.41) is 16.4. The Labute approximate surface area is 268 Å². The van der Waals surface area contributed by atoms with Crippen LogP contribution in [-0.2, 0) is 44.7 Å². The maximum atomic E-state index is 13.0. The summed E-state index contributed by atoms with van der Waals surface area (Å²) in [6.45, 7) is 7.69. The Bertz CT molecular complexity index is 1250. The highest BCUT2D eigenvalue weighted by molar-refractivity contribution is 8.77. The number of nitrogens with two attached hydrogens (primary N) is 1. The van der Waals surface area contributed by atoms with Crippen LogP contribution in [0.4, 0.5) is 0 Å². The predicted molar refractivity (Wildman–Crippen MR) is 166 cm³/mol. The monoisotopic (exact) mass is 672 g/mol. The van der Waals surface area contributed by atoms with Crippen molar-refractivity contribution < 1.29 is 52.9 Å². The van der Waals surface area contributed by atoms with Gasteiger partial charge in [0.2, 0.25) is 17.7 Å². The molecular weight excluding hydrogens is 632 g/mol. The summed E-state index contributed by atoms with van der Waals surface area (Å²) in [5.41, 5.74) is 5.87. The second kappa shape index (κ2) is 18.9. The highest BCUT2D eigenvalue weighted by Gasteiger charge is 2.26. The standard InChI is InChI=1S/C28H40N4O11S2/c1-15(33)42-21-9-7-17(12-22(21)43-16(2)34)11-19(27(40)41-6)31-24(36)13-30-25(37)20(14-44-45-28(3,4)5)32-23(35)10-8-18(29)26(38)39/h7,9,12,18-20H,8,10-11,13-14,29H2,1-6H3,(H,30,37)(H,31,36)(H,32,35)(H,38,39)/t18-,19+,20-/m0/s1. The van der Waals surface area contributed by atoms with E-state index in [1.54, 1.807) is 0 Å². The number of carboxylic acid groups (broad SMARTS) is 1. The Kier molecular flexibility index (Phi) is 16.4. The fraction of sp³-hybridized carbons (Fsp3) is 0.536. The van der Waals surface area contributed by atoms with Crippen molar-refractivity contribution in [2.45, 2.75) is 76.8 Å². The fourth-order valence-electron chi connectivity index (χ4n) is 3.40. The zero-order valence-electron chi connectivity index (χ0n) is 25.9. The number of benzene rings is 1. The third-order valence-electron chi connectivity index (χ3n) is 5.39. The fourth-order valence-corrected chi connectivity index (χ4v) is 5.86. The molecule has 3 atom stereocenters. The first-order valence-electron chi connectivity index (χ1n) is 13.6. The molecule has 3 amide bonds. The molecule has 0 saturated carbocycles. The number of rotatable bonds is 17. The number of aliphatic carboxylic acids is 1. The van der Waals surface area contributed by atoms with Gasteiger partial charge in [-0.15, -0.1) is 0 Å². The van der Waals surface area contributed by atoms with Gasteiger partial charge in [0.1, 0.15) is 18.1 Å². The summed E-state index contributed by atoms with van der Waals surface area (Å²) in [5.74, 6) is -5.33. The number of carbonyl (C=O) groups is 7. The summed E-state index contributed by atoms with van der Waals surface area (Å²) in [6.07, 6.45) is -0.471. The van der Waals surface area contributed by atoms with Gasteiger partial charge >= 0.3 is 23.9 Å². The second-order valence-electron chi connectivity index (χ2n) is 10.6. The molecule has 0 aliphatic carbocycles. The van der Waals surface area contributed by atoms with Gasteiger partial charge < -0.3 is 41.0 Å². The van der Waals surface area contributed by atoms with Crippen molar-refractivity contribution in [1.82, 2.24) is 16.0 Å². The second-order valence-corrected chi connectivity index (χ2v) is 13.8. The SMILES string of the molecule is COC(=O)[C@@H](Cc1ccc(OC(C)=O)c(OC(C)=O)c1)NC(=O)CNC(=O)[C@H](CSSC(C)(C)C)NC(=O)CC[C@H](N)C(=O)O. The Balaban J connectivity index is 2.95. The molecule has 0 spiro atoms. The van der Waals surface area contributed by atoms with Crippen molar-refractivity contribution in [3.05, 3.63) is 23.8 Å². The summed E-state index contributed by atoms with van der Waals surface area (Å²) >= 11 is 0. The first-order chi connectivity index (χ1) is 20.9. The van der Waals surface area contributed by atoms with Crippen LogP contribution in [-0.4, -0.2) is 89.0 Å². The molecule has 45 heavy (non-hydrogen) atoms. The molecule has 0 fully saturated rings. The van der Waals surface area contributed by atoms with E-state index in [9.17, 15) is 33.6 Å². The van der Waals surface area contributed by atoms with Gasteiger partial charge in [0.15, 0.2) is 11.5 Å². The van der Waals surface area contributed by atoms with Gasteiger partial charge in [0.25, 0.3) is 0 Å². The van der Waals surface area contributed by atoms with E-state index in [-0.39, 0.29) is 41.3 Å². The molecule has 1 aromatic carbocycles. The molecule has 6 N–H and O–H groups in total. The number of nitrogens with one attached hydrogen (secondary N) is 3. The first-order valence-corrected chi connectivity index (χ1v) is 16.0. The zero-order valence-corrected chi connectivity index (χ0v) is 27.6. The largest absolute Gasteiger partial charge is 0.480 e. The smallest absolute Gasteiger partial charge is 0.328 e. The highest BCUT2D eigenvalue weighted by Crippen LogP contribution is 2.35. The molecule has 0 bridgehead atoms. The molecule has 1 aromatic rings. The van der Waals surface area contributed by atoms with E-state index in [4.69, 9.17) is 25.1 Å². The molecule has 0 aliphatic heterocycles. The van der Waals surface area contributed by atoms with E-state index >= 15 is 0 Å². The molecule has 0 unspecified atom stereocenters. The molecule has 0 heterocycles. The Hall–Kier alpha value is -3.83. The number of carbonyl (C=O) groups excluding carboxylic acids is 6. The maximum Gasteiger partial charge on any atom is 0.328 e. The third-order valence-corrected chi connectivity index (χ3v) is 8.74. The predicted octanol–water partition coefficient (Wildman–Crippen LogP) is 0.711. The van der Waals surface area contributed by atoms with Crippen LogP contribution in [0.3, 0.4) is 0 Å². The quantitative estimate of drug-likeness (QED) is 0.0872. The minimum absolute atomic E-state index is 0.0201. The van der Waals surface area contributed by atoms with Crippen molar-refractivity contribution in [2.24, 2.45) is 5.73 Å². The van der Waals surface area contributed by atoms with Crippen LogP contribution in [0.15, 0.2) is 18.2 Å². The Morgan fingerprint density at radius 3 is 2.09 bits per heavy atom. The molecule has 0 saturated heterocycles. The molecule has 15 nitrogen and oxygen atoms in total. The van der Waals surface area contributed by atoms with Gasteiger partial charge in [-0.3, -0.25) is 28.8 Å². The van der Waals surface area contributed by atoms with E-state index < -0.39 is 66.3 Å². The van der Waals surface area contributed by atoms with Crippen LogP contribution in [0, 0.1) is 0 Å². The lowest BCUT2D eigenvalue weighted by atomic mass is 10.0. The number of methoxy groups -OCH3 is 1. The van der Waals surface area contributed by atoms with Crippen molar-refractivity contribution in [3.63, 3.8) is 0 Å². The maximum absolute atomic E-state index is 13.0. The normalized spacial score (nSPS) is 13.0. The van der Waals surface area contributed by atoms with Gasteiger partial charge in [0.05, 0.1) is 13.7 Å². The molecular formula is C28H40N4O11S2. The van der Waals surface area contributed by atoms with Gasteiger partial charge in [-0.1, -0.05) is 48.4 Å². The highest BCUT2D eigenvalue weighted by atomic mass is 33.1. The van der Waals surface area contributed by atoms with Crippen LogP contribution in [0.2, 0.25) is 0 Å². The van der Waals surface area contributed by atoms with Crippen LogP contribution in [0.5, 0.6) is 11.5 Å². The molecule has 0 aliphatic rings. The van der Waals surface area contributed by atoms with E-state index in [0.717, 1.165) is 14.0 Å². The summed E-state index contributed by atoms with van der Waals surface area (Å²) in [6, 6.07) is 0.729. The average molecular weight is 673 g/mol. The molecule has 1 rings (SSSR count). The van der Waals surface area contributed by atoms with Gasteiger partial charge in [0, 0.05) is 37.2 Å². The molecule has 0 aromatic heterocycles. The minimum atomic E-state index is -1.26.